The summed E-state index contributed by atoms with van der Waals surface area (Å²) < 4.78 is 5.29. The Balaban J connectivity index is 1.98. The number of nitrogens with zero attached hydrogens (tertiary/aromatic N) is 1. The zero-order chi connectivity index (χ0) is 19.0. The van der Waals surface area contributed by atoms with Gasteiger partial charge in [-0.05, 0) is 43.2 Å². The lowest BCUT2D eigenvalue weighted by molar-refractivity contribution is -0.120. The van der Waals surface area contributed by atoms with Crippen LogP contribution in [0.3, 0.4) is 0 Å². The van der Waals surface area contributed by atoms with E-state index in [1.165, 1.54) is 7.11 Å². The lowest BCUT2D eigenvalue weighted by Gasteiger charge is -2.16. The van der Waals surface area contributed by atoms with Crippen LogP contribution in [0, 0.1) is 13.8 Å². The fraction of sp³-hybridized carbons (Fsp3) is 0.158. The van der Waals surface area contributed by atoms with Crippen molar-refractivity contribution in [3.8, 4) is 5.75 Å². The molecule has 0 bridgehead atoms. The van der Waals surface area contributed by atoms with Crippen LogP contribution in [-0.2, 0) is 9.59 Å². The van der Waals surface area contributed by atoms with Crippen LogP contribution in [0.15, 0.2) is 47.1 Å². The van der Waals surface area contributed by atoms with E-state index in [1.807, 2.05) is 19.9 Å². The molecule has 1 aliphatic rings. The normalized spacial score (nSPS) is 14.3. The molecule has 2 amide bonds. The summed E-state index contributed by atoms with van der Waals surface area (Å²) in [7, 11) is 1.49. The number of hydrogen-bond donors (Lipinski definition) is 1. The Hall–Kier alpha value is -2.50. The second-order valence-corrected chi connectivity index (χ2v) is 6.69. The number of carbonyl (C=O) groups is 2. The first-order valence-electron chi connectivity index (χ1n) is 7.80. The highest BCUT2D eigenvalue weighted by molar-refractivity contribution is 6.53. The largest absolute Gasteiger partial charge is 0.495 e. The maximum atomic E-state index is 12.8. The van der Waals surface area contributed by atoms with Gasteiger partial charge in [0.25, 0.3) is 11.8 Å². The highest BCUT2D eigenvalue weighted by Crippen LogP contribution is 2.35. The van der Waals surface area contributed by atoms with Crippen molar-refractivity contribution < 1.29 is 14.3 Å². The monoisotopic (exact) mass is 390 g/mol. The predicted molar refractivity (Wildman–Crippen MR) is 103 cm³/mol. The Bertz CT molecular complexity index is 954. The van der Waals surface area contributed by atoms with Crippen LogP contribution in [0.5, 0.6) is 5.75 Å². The van der Waals surface area contributed by atoms with Gasteiger partial charge in [-0.2, -0.15) is 0 Å². The molecule has 0 aromatic heterocycles. The van der Waals surface area contributed by atoms with Gasteiger partial charge in [0.15, 0.2) is 0 Å². The zero-order valence-corrected chi connectivity index (χ0v) is 15.9. The van der Waals surface area contributed by atoms with Crippen molar-refractivity contribution in [2.75, 3.05) is 17.3 Å². The number of benzene rings is 2. The molecule has 5 nitrogen and oxygen atoms in total. The van der Waals surface area contributed by atoms with Crippen LogP contribution in [0.25, 0.3) is 0 Å². The molecule has 0 unspecified atom stereocenters. The standard InChI is InChI=1S/C19H16Cl2N2O3/c1-10-5-4-6-12(7-10)23-18(24)16(21)17(19(23)25)22-14-8-11(2)13(20)9-15(14)26-3/h4-9,22H,1-3H3. The fourth-order valence-corrected chi connectivity index (χ4v) is 3.04. The first kappa shape index (κ1) is 18.3. The average Bonchev–Trinajstić information content (AvgIpc) is 2.81. The van der Waals surface area contributed by atoms with Crippen LogP contribution in [-0.4, -0.2) is 18.9 Å². The minimum absolute atomic E-state index is 0.00167. The third-order valence-electron chi connectivity index (χ3n) is 4.03. The summed E-state index contributed by atoms with van der Waals surface area (Å²) in [6, 6.07) is 10.4. The van der Waals surface area contributed by atoms with E-state index in [0.717, 1.165) is 16.0 Å². The van der Waals surface area contributed by atoms with Gasteiger partial charge in [-0.1, -0.05) is 35.3 Å². The number of methoxy groups -OCH3 is 1. The Morgan fingerprint density at radius 2 is 1.77 bits per heavy atom. The van der Waals surface area contributed by atoms with Gasteiger partial charge in [-0.15, -0.1) is 0 Å². The molecule has 7 heteroatoms. The minimum atomic E-state index is -0.575. The van der Waals surface area contributed by atoms with Crippen LogP contribution in [0.1, 0.15) is 11.1 Å². The number of amides is 2. The number of imide groups is 1. The summed E-state index contributed by atoms with van der Waals surface area (Å²) in [5, 5.41) is 3.28. The van der Waals surface area contributed by atoms with Gasteiger partial charge in [-0.3, -0.25) is 9.59 Å². The molecule has 1 N–H and O–H groups in total. The van der Waals surface area contributed by atoms with E-state index in [0.29, 0.717) is 22.1 Å². The van der Waals surface area contributed by atoms with E-state index >= 15 is 0 Å². The summed E-state index contributed by atoms with van der Waals surface area (Å²) >= 11 is 12.3. The molecule has 26 heavy (non-hydrogen) atoms. The molecule has 0 spiro atoms. The van der Waals surface area contributed by atoms with E-state index in [9.17, 15) is 9.59 Å². The number of nitrogens with one attached hydrogen (secondary N) is 1. The topological polar surface area (TPSA) is 58.6 Å². The van der Waals surface area contributed by atoms with E-state index in [1.54, 1.807) is 30.3 Å². The third kappa shape index (κ3) is 3.16. The number of aryl methyl sites for hydroxylation is 2. The first-order valence-corrected chi connectivity index (χ1v) is 8.55. The Morgan fingerprint density at radius 1 is 1.04 bits per heavy atom. The summed E-state index contributed by atoms with van der Waals surface area (Å²) in [6.07, 6.45) is 0. The molecule has 0 aliphatic carbocycles. The van der Waals surface area contributed by atoms with Crippen molar-refractivity contribution in [2.45, 2.75) is 13.8 Å². The number of hydrogen-bond acceptors (Lipinski definition) is 4. The molecule has 1 heterocycles. The minimum Gasteiger partial charge on any atom is -0.495 e. The van der Waals surface area contributed by atoms with Crippen LogP contribution in [0.4, 0.5) is 11.4 Å². The number of halogens is 2. The molecule has 134 valence electrons. The Kier molecular flexibility index (Phi) is 4.94. The molecule has 0 atom stereocenters. The summed E-state index contributed by atoms with van der Waals surface area (Å²) in [5.74, 6) is -0.665. The average molecular weight is 391 g/mol. The Labute approximate surface area is 161 Å². The van der Waals surface area contributed by atoms with Crippen molar-refractivity contribution in [1.29, 1.82) is 0 Å². The van der Waals surface area contributed by atoms with Gasteiger partial charge in [-0.25, -0.2) is 4.90 Å². The van der Waals surface area contributed by atoms with Crippen LogP contribution in [0.2, 0.25) is 5.02 Å². The predicted octanol–water partition coefficient (Wildman–Crippen LogP) is 4.40. The van der Waals surface area contributed by atoms with E-state index in [-0.39, 0.29) is 10.7 Å². The van der Waals surface area contributed by atoms with Gasteiger partial charge in [0.2, 0.25) is 0 Å². The Morgan fingerprint density at radius 3 is 2.42 bits per heavy atom. The zero-order valence-electron chi connectivity index (χ0n) is 14.4. The third-order valence-corrected chi connectivity index (χ3v) is 4.79. The number of rotatable bonds is 4. The van der Waals surface area contributed by atoms with Crippen molar-refractivity contribution in [2.24, 2.45) is 0 Å². The summed E-state index contributed by atoms with van der Waals surface area (Å²) in [4.78, 5) is 26.4. The molecular weight excluding hydrogens is 375 g/mol. The molecule has 0 fully saturated rings. The van der Waals surface area contributed by atoms with Crippen molar-refractivity contribution in [1.82, 2.24) is 0 Å². The van der Waals surface area contributed by atoms with Crippen molar-refractivity contribution >= 4 is 46.4 Å². The van der Waals surface area contributed by atoms with Crippen molar-refractivity contribution in [3.63, 3.8) is 0 Å². The fourth-order valence-electron chi connectivity index (χ4n) is 2.68. The molecular formula is C19H16Cl2N2O3. The number of carbonyl (C=O) groups excluding carboxylic acids is 2. The molecule has 0 saturated heterocycles. The molecule has 1 aliphatic heterocycles. The quantitative estimate of drug-likeness (QED) is 0.785. The second-order valence-electron chi connectivity index (χ2n) is 5.90. The SMILES string of the molecule is COc1cc(Cl)c(C)cc1NC1=C(Cl)C(=O)N(c2cccc(C)c2)C1=O. The summed E-state index contributed by atoms with van der Waals surface area (Å²) in [6.45, 7) is 3.70. The molecule has 2 aromatic rings. The maximum absolute atomic E-state index is 12.8. The van der Waals surface area contributed by atoms with E-state index < -0.39 is 11.8 Å². The van der Waals surface area contributed by atoms with E-state index in [4.69, 9.17) is 27.9 Å². The highest BCUT2D eigenvalue weighted by Gasteiger charge is 2.39. The van der Waals surface area contributed by atoms with Gasteiger partial charge < -0.3 is 10.1 Å². The van der Waals surface area contributed by atoms with Crippen LogP contribution < -0.4 is 15.0 Å². The molecule has 2 aromatic carbocycles. The van der Waals surface area contributed by atoms with Crippen LogP contribution >= 0.6 is 23.2 Å². The first-order chi connectivity index (χ1) is 12.3. The maximum Gasteiger partial charge on any atom is 0.283 e. The van der Waals surface area contributed by atoms with E-state index in [2.05, 4.69) is 5.32 Å². The second kappa shape index (κ2) is 7.02. The van der Waals surface area contributed by atoms with Gasteiger partial charge in [0, 0.05) is 11.1 Å². The van der Waals surface area contributed by atoms with Gasteiger partial charge >= 0.3 is 0 Å². The highest BCUT2D eigenvalue weighted by atomic mass is 35.5. The van der Waals surface area contributed by atoms with Crippen molar-refractivity contribution in [3.05, 3.63) is 63.3 Å². The lowest BCUT2D eigenvalue weighted by atomic mass is 10.2. The molecule has 3 rings (SSSR count). The van der Waals surface area contributed by atoms with Gasteiger partial charge in [0.1, 0.15) is 16.5 Å². The molecule has 0 radical (unpaired) electrons. The summed E-state index contributed by atoms with van der Waals surface area (Å²) in [5.41, 5.74) is 2.68. The smallest absolute Gasteiger partial charge is 0.283 e. The van der Waals surface area contributed by atoms with Gasteiger partial charge in [0.05, 0.1) is 18.5 Å². The lowest BCUT2D eigenvalue weighted by Crippen LogP contribution is -2.32. The number of ether oxygens (including phenoxy) is 1. The molecule has 0 saturated carbocycles. The number of anilines is 2.